The average molecular weight is 419 g/mol. The SMILES string of the molecule is CCN(CC)S(=O)(=O)c1ccc2c(c1)nnn2CCC(=O)Nc1ccc(F)cc1. The highest BCUT2D eigenvalue weighted by molar-refractivity contribution is 7.89. The number of nitrogens with one attached hydrogen (secondary N) is 1. The van der Waals surface area contributed by atoms with E-state index in [1.165, 1.54) is 40.7 Å². The number of anilines is 1. The van der Waals surface area contributed by atoms with E-state index in [0.29, 0.717) is 29.8 Å². The quantitative estimate of drug-likeness (QED) is 0.605. The molecule has 0 saturated carbocycles. The van der Waals surface area contributed by atoms with Crippen molar-refractivity contribution in [2.24, 2.45) is 0 Å². The molecule has 0 unspecified atom stereocenters. The number of amides is 1. The molecule has 1 amide bonds. The maximum atomic E-state index is 12.9. The number of aryl methyl sites for hydroxylation is 1. The molecule has 3 aromatic rings. The van der Waals surface area contributed by atoms with E-state index in [9.17, 15) is 17.6 Å². The summed E-state index contributed by atoms with van der Waals surface area (Å²) in [6.45, 7) is 4.60. The van der Waals surface area contributed by atoms with Gasteiger partial charge in [0.2, 0.25) is 15.9 Å². The summed E-state index contributed by atoms with van der Waals surface area (Å²) >= 11 is 0. The molecule has 1 heterocycles. The number of fused-ring (bicyclic) bond motifs is 1. The normalized spacial score (nSPS) is 11.9. The van der Waals surface area contributed by atoms with Crippen molar-refractivity contribution < 1.29 is 17.6 Å². The molecule has 0 aliphatic rings. The summed E-state index contributed by atoms with van der Waals surface area (Å²) in [6.07, 6.45) is 0.134. The van der Waals surface area contributed by atoms with Gasteiger partial charge >= 0.3 is 0 Å². The van der Waals surface area contributed by atoms with Crippen molar-refractivity contribution in [2.45, 2.75) is 31.7 Å². The van der Waals surface area contributed by atoms with Crippen LogP contribution in [0.1, 0.15) is 20.3 Å². The van der Waals surface area contributed by atoms with Crippen molar-refractivity contribution in [1.29, 1.82) is 0 Å². The van der Waals surface area contributed by atoms with E-state index in [2.05, 4.69) is 15.6 Å². The van der Waals surface area contributed by atoms with Crippen LogP contribution in [0.3, 0.4) is 0 Å². The van der Waals surface area contributed by atoms with Gasteiger partial charge in [-0.3, -0.25) is 4.79 Å². The van der Waals surface area contributed by atoms with E-state index in [1.807, 2.05) is 0 Å². The van der Waals surface area contributed by atoms with Crippen LogP contribution in [0, 0.1) is 5.82 Å². The number of carbonyl (C=O) groups excluding carboxylic acids is 1. The summed E-state index contributed by atoms with van der Waals surface area (Å²) in [6, 6.07) is 10.2. The molecule has 0 saturated heterocycles. The van der Waals surface area contributed by atoms with E-state index in [-0.39, 0.29) is 29.6 Å². The van der Waals surface area contributed by atoms with Gasteiger partial charge in [-0.25, -0.2) is 17.5 Å². The Labute approximate surface area is 168 Å². The predicted octanol–water partition coefficient (Wildman–Crippen LogP) is 2.63. The van der Waals surface area contributed by atoms with Crippen LogP contribution >= 0.6 is 0 Å². The minimum Gasteiger partial charge on any atom is -0.326 e. The summed E-state index contributed by atoms with van der Waals surface area (Å²) in [5, 5.41) is 10.7. The van der Waals surface area contributed by atoms with Gasteiger partial charge in [-0.2, -0.15) is 4.31 Å². The third-order valence-electron chi connectivity index (χ3n) is 4.51. The minimum atomic E-state index is -3.58. The Balaban J connectivity index is 1.71. The van der Waals surface area contributed by atoms with Crippen LogP contribution in [0.5, 0.6) is 0 Å². The molecule has 29 heavy (non-hydrogen) atoms. The smallest absolute Gasteiger partial charge is 0.243 e. The number of rotatable bonds is 8. The summed E-state index contributed by atoms with van der Waals surface area (Å²) in [7, 11) is -3.58. The Morgan fingerprint density at radius 2 is 1.83 bits per heavy atom. The minimum absolute atomic E-state index is 0.134. The number of carbonyl (C=O) groups is 1. The van der Waals surface area contributed by atoms with E-state index < -0.39 is 10.0 Å². The van der Waals surface area contributed by atoms with E-state index in [0.717, 1.165) is 0 Å². The number of sulfonamides is 1. The van der Waals surface area contributed by atoms with Crippen LogP contribution < -0.4 is 5.32 Å². The molecule has 3 rings (SSSR count). The van der Waals surface area contributed by atoms with Gasteiger partial charge in [0.25, 0.3) is 0 Å². The highest BCUT2D eigenvalue weighted by Crippen LogP contribution is 2.21. The maximum Gasteiger partial charge on any atom is 0.243 e. The van der Waals surface area contributed by atoms with Crippen LogP contribution in [0.25, 0.3) is 11.0 Å². The second-order valence-corrected chi connectivity index (χ2v) is 8.30. The van der Waals surface area contributed by atoms with Crippen LogP contribution in [0.4, 0.5) is 10.1 Å². The first-order valence-electron chi connectivity index (χ1n) is 9.24. The molecule has 2 aromatic carbocycles. The van der Waals surface area contributed by atoms with Crippen molar-refractivity contribution in [1.82, 2.24) is 19.3 Å². The van der Waals surface area contributed by atoms with Crippen LogP contribution in [-0.2, 0) is 21.4 Å². The molecule has 10 heteroatoms. The third kappa shape index (κ3) is 4.60. The van der Waals surface area contributed by atoms with Crippen molar-refractivity contribution in [2.75, 3.05) is 18.4 Å². The first-order chi connectivity index (χ1) is 13.8. The molecule has 0 spiro atoms. The Morgan fingerprint density at radius 3 is 2.48 bits per heavy atom. The highest BCUT2D eigenvalue weighted by atomic mass is 32.2. The van der Waals surface area contributed by atoms with Gasteiger partial charge in [-0.1, -0.05) is 19.1 Å². The lowest BCUT2D eigenvalue weighted by Crippen LogP contribution is -2.30. The maximum absolute atomic E-state index is 12.9. The second-order valence-electron chi connectivity index (χ2n) is 6.36. The van der Waals surface area contributed by atoms with Crippen molar-refractivity contribution >= 4 is 32.7 Å². The molecule has 8 nitrogen and oxygen atoms in total. The van der Waals surface area contributed by atoms with Gasteiger partial charge in [0.15, 0.2) is 0 Å². The van der Waals surface area contributed by atoms with Crippen molar-refractivity contribution in [3.63, 3.8) is 0 Å². The zero-order valence-corrected chi connectivity index (χ0v) is 17.0. The molecule has 0 atom stereocenters. The summed E-state index contributed by atoms with van der Waals surface area (Å²) < 4.78 is 41.1. The zero-order valence-electron chi connectivity index (χ0n) is 16.2. The van der Waals surface area contributed by atoms with Gasteiger partial charge in [0.1, 0.15) is 11.3 Å². The predicted molar refractivity (Wildman–Crippen MR) is 107 cm³/mol. The van der Waals surface area contributed by atoms with E-state index >= 15 is 0 Å². The Hall–Kier alpha value is -2.85. The van der Waals surface area contributed by atoms with Gasteiger partial charge in [-0.15, -0.1) is 5.10 Å². The Bertz CT molecular complexity index is 1110. The molecule has 0 bridgehead atoms. The highest BCUT2D eigenvalue weighted by Gasteiger charge is 2.22. The van der Waals surface area contributed by atoms with Crippen LogP contribution in [-0.4, -0.2) is 46.7 Å². The first kappa shape index (κ1) is 20.9. The second kappa shape index (κ2) is 8.66. The standard InChI is InChI=1S/C19H22FN5O3S/c1-3-24(4-2)29(27,28)16-9-10-18-17(13-16)22-23-25(18)12-11-19(26)21-15-7-5-14(20)6-8-15/h5-10,13H,3-4,11-12H2,1-2H3,(H,21,26). The lowest BCUT2D eigenvalue weighted by atomic mass is 10.3. The van der Waals surface area contributed by atoms with E-state index in [1.54, 1.807) is 24.6 Å². The lowest BCUT2D eigenvalue weighted by molar-refractivity contribution is -0.116. The number of benzene rings is 2. The fourth-order valence-electron chi connectivity index (χ4n) is 2.95. The van der Waals surface area contributed by atoms with Crippen molar-refractivity contribution in [3.05, 3.63) is 48.3 Å². The monoisotopic (exact) mass is 419 g/mol. The first-order valence-corrected chi connectivity index (χ1v) is 10.7. The van der Waals surface area contributed by atoms with Gasteiger partial charge in [0, 0.05) is 25.2 Å². The fraction of sp³-hybridized carbons (Fsp3) is 0.316. The molecule has 0 aliphatic carbocycles. The number of halogens is 1. The van der Waals surface area contributed by atoms with Crippen LogP contribution in [0.2, 0.25) is 0 Å². The van der Waals surface area contributed by atoms with Gasteiger partial charge < -0.3 is 5.32 Å². The fourth-order valence-corrected chi connectivity index (χ4v) is 4.43. The average Bonchev–Trinajstić information content (AvgIpc) is 3.11. The summed E-state index contributed by atoms with van der Waals surface area (Å²) in [5.41, 5.74) is 1.58. The molecule has 154 valence electrons. The molecule has 0 radical (unpaired) electrons. The number of hydrogen-bond donors (Lipinski definition) is 1. The van der Waals surface area contributed by atoms with Gasteiger partial charge in [-0.05, 0) is 42.5 Å². The number of nitrogens with zero attached hydrogens (tertiary/aromatic N) is 4. The summed E-state index contributed by atoms with van der Waals surface area (Å²) in [5.74, 6) is -0.625. The molecule has 1 aromatic heterocycles. The largest absolute Gasteiger partial charge is 0.326 e. The molecular weight excluding hydrogens is 397 g/mol. The van der Waals surface area contributed by atoms with Gasteiger partial charge in [0.05, 0.1) is 17.0 Å². The Kier molecular flexibility index (Phi) is 6.23. The van der Waals surface area contributed by atoms with Crippen molar-refractivity contribution in [3.8, 4) is 0 Å². The molecule has 0 aliphatic heterocycles. The Morgan fingerprint density at radius 1 is 1.14 bits per heavy atom. The zero-order chi connectivity index (χ0) is 21.0. The van der Waals surface area contributed by atoms with E-state index in [4.69, 9.17) is 0 Å². The van der Waals surface area contributed by atoms with Crippen LogP contribution in [0.15, 0.2) is 47.4 Å². The third-order valence-corrected chi connectivity index (χ3v) is 6.55. The molecule has 1 N–H and O–H groups in total. The number of hydrogen-bond acceptors (Lipinski definition) is 5. The topological polar surface area (TPSA) is 97.2 Å². The molecule has 0 fully saturated rings. The summed E-state index contributed by atoms with van der Waals surface area (Å²) in [4.78, 5) is 12.3. The number of aromatic nitrogens is 3. The lowest BCUT2D eigenvalue weighted by Gasteiger charge is -2.18. The molecular formula is C19H22FN5O3S.